The standard InChI is InChI=1S/C18H21N3O5S/c22-14(20-18(17(25)26)7-9-27-10-8-18)5-6-16(24)21-11-15(23)19-12-3-1-2-4-13(12)21/h1-4H,5-11H2,(H,19,23)(H,20,22)(H,25,26). The van der Waals surface area contributed by atoms with E-state index in [1.807, 2.05) is 0 Å². The monoisotopic (exact) mass is 391 g/mol. The van der Waals surface area contributed by atoms with E-state index in [-0.39, 0.29) is 31.2 Å². The zero-order valence-corrected chi connectivity index (χ0v) is 15.5. The number of hydrogen-bond acceptors (Lipinski definition) is 5. The minimum atomic E-state index is -1.25. The molecule has 1 aromatic rings. The van der Waals surface area contributed by atoms with Crippen molar-refractivity contribution in [2.45, 2.75) is 31.2 Å². The van der Waals surface area contributed by atoms with E-state index in [4.69, 9.17) is 0 Å². The van der Waals surface area contributed by atoms with Gasteiger partial charge >= 0.3 is 5.97 Å². The maximum Gasteiger partial charge on any atom is 0.329 e. The number of amides is 3. The minimum absolute atomic E-state index is 0.0993. The molecule has 2 heterocycles. The molecule has 0 aliphatic carbocycles. The van der Waals surface area contributed by atoms with E-state index in [0.29, 0.717) is 35.7 Å². The number of rotatable bonds is 5. The highest BCUT2D eigenvalue weighted by atomic mass is 32.2. The molecule has 0 aromatic heterocycles. The second kappa shape index (κ2) is 7.99. The number of anilines is 2. The Kier molecular flexibility index (Phi) is 5.69. The number of carbonyl (C=O) groups excluding carboxylic acids is 3. The quantitative estimate of drug-likeness (QED) is 0.695. The lowest BCUT2D eigenvalue weighted by atomic mass is 9.92. The molecule has 0 bridgehead atoms. The Morgan fingerprint density at radius 1 is 1.19 bits per heavy atom. The minimum Gasteiger partial charge on any atom is -0.480 e. The Bertz CT molecular complexity index is 776. The largest absolute Gasteiger partial charge is 0.480 e. The normalized spacial score (nSPS) is 18.2. The number of hydrogen-bond donors (Lipinski definition) is 3. The average Bonchev–Trinajstić information content (AvgIpc) is 2.66. The number of para-hydroxylation sites is 2. The van der Waals surface area contributed by atoms with Crippen LogP contribution in [0.1, 0.15) is 25.7 Å². The number of carboxylic acids is 1. The topological polar surface area (TPSA) is 116 Å². The zero-order valence-electron chi connectivity index (χ0n) is 14.7. The molecule has 8 nitrogen and oxygen atoms in total. The van der Waals surface area contributed by atoms with E-state index < -0.39 is 17.4 Å². The Morgan fingerprint density at radius 3 is 2.59 bits per heavy atom. The van der Waals surface area contributed by atoms with E-state index in [1.165, 1.54) is 4.90 Å². The van der Waals surface area contributed by atoms with E-state index >= 15 is 0 Å². The predicted molar refractivity (Wildman–Crippen MR) is 102 cm³/mol. The number of fused-ring (bicyclic) bond motifs is 1. The third kappa shape index (κ3) is 4.24. The molecule has 2 aliphatic heterocycles. The molecule has 2 aliphatic rings. The molecule has 144 valence electrons. The van der Waals surface area contributed by atoms with Crippen LogP contribution in [0.3, 0.4) is 0 Å². The summed E-state index contributed by atoms with van der Waals surface area (Å²) in [7, 11) is 0. The summed E-state index contributed by atoms with van der Waals surface area (Å²) in [6.07, 6.45) is 0.512. The van der Waals surface area contributed by atoms with Gasteiger partial charge in [-0.3, -0.25) is 14.4 Å². The number of carbonyl (C=O) groups is 4. The van der Waals surface area contributed by atoms with Crippen LogP contribution >= 0.6 is 11.8 Å². The molecule has 3 N–H and O–H groups in total. The van der Waals surface area contributed by atoms with Crippen molar-refractivity contribution in [3.8, 4) is 0 Å². The first-order valence-electron chi connectivity index (χ1n) is 8.73. The molecule has 1 saturated heterocycles. The smallest absolute Gasteiger partial charge is 0.329 e. The summed E-state index contributed by atoms with van der Waals surface area (Å²) in [6.45, 7) is -0.103. The third-order valence-electron chi connectivity index (χ3n) is 4.77. The van der Waals surface area contributed by atoms with Gasteiger partial charge in [-0.1, -0.05) is 12.1 Å². The summed E-state index contributed by atoms with van der Waals surface area (Å²) in [5.41, 5.74) is -0.104. The molecule has 3 amide bonds. The van der Waals surface area contributed by atoms with Crippen molar-refractivity contribution in [2.24, 2.45) is 0 Å². The van der Waals surface area contributed by atoms with Gasteiger partial charge in [-0.2, -0.15) is 11.8 Å². The second-order valence-corrected chi connectivity index (χ2v) is 7.82. The Balaban J connectivity index is 1.61. The van der Waals surface area contributed by atoms with Crippen molar-refractivity contribution >= 4 is 46.8 Å². The fourth-order valence-electron chi connectivity index (χ4n) is 3.25. The summed E-state index contributed by atoms with van der Waals surface area (Å²) in [6, 6.07) is 6.96. The van der Waals surface area contributed by atoms with Crippen molar-refractivity contribution in [2.75, 3.05) is 28.3 Å². The number of thioether (sulfide) groups is 1. The SMILES string of the molecule is O=C1CN(C(=O)CCC(=O)NC2(C(=O)O)CCSCC2)c2ccccc2N1. The fourth-order valence-corrected chi connectivity index (χ4v) is 4.44. The van der Waals surface area contributed by atoms with Gasteiger partial charge in [-0.25, -0.2) is 4.79 Å². The van der Waals surface area contributed by atoms with Crippen molar-refractivity contribution in [3.05, 3.63) is 24.3 Å². The average molecular weight is 391 g/mol. The fraction of sp³-hybridized carbons (Fsp3) is 0.444. The molecule has 0 spiro atoms. The molecule has 1 aromatic carbocycles. The van der Waals surface area contributed by atoms with E-state index in [0.717, 1.165) is 0 Å². The van der Waals surface area contributed by atoms with Gasteiger partial charge in [0, 0.05) is 12.8 Å². The van der Waals surface area contributed by atoms with Gasteiger partial charge in [0.15, 0.2) is 0 Å². The molecule has 0 saturated carbocycles. The Hall–Kier alpha value is -2.55. The third-order valence-corrected chi connectivity index (χ3v) is 5.76. The molecular weight excluding hydrogens is 370 g/mol. The first-order valence-corrected chi connectivity index (χ1v) is 9.88. The van der Waals surface area contributed by atoms with Gasteiger partial charge < -0.3 is 20.6 Å². The van der Waals surface area contributed by atoms with Gasteiger partial charge in [0.2, 0.25) is 17.7 Å². The Labute approximate surface area is 160 Å². The maximum atomic E-state index is 12.6. The molecule has 27 heavy (non-hydrogen) atoms. The molecule has 0 unspecified atom stereocenters. The van der Waals surface area contributed by atoms with Gasteiger partial charge in [0.25, 0.3) is 0 Å². The van der Waals surface area contributed by atoms with Crippen molar-refractivity contribution in [1.82, 2.24) is 5.32 Å². The van der Waals surface area contributed by atoms with Gasteiger partial charge in [0.05, 0.1) is 11.4 Å². The number of nitrogens with one attached hydrogen (secondary N) is 2. The van der Waals surface area contributed by atoms with Gasteiger partial charge in [-0.15, -0.1) is 0 Å². The molecule has 0 radical (unpaired) electrons. The predicted octanol–water partition coefficient (Wildman–Crippen LogP) is 1.22. The Morgan fingerprint density at radius 2 is 1.89 bits per heavy atom. The van der Waals surface area contributed by atoms with Crippen LogP contribution in [0.25, 0.3) is 0 Å². The summed E-state index contributed by atoms with van der Waals surface area (Å²) >= 11 is 1.66. The van der Waals surface area contributed by atoms with Crippen LogP contribution in [0.15, 0.2) is 24.3 Å². The molecule has 1 fully saturated rings. The number of nitrogens with zero attached hydrogens (tertiary/aromatic N) is 1. The molecule has 9 heteroatoms. The van der Waals surface area contributed by atoms with E-state index in [2.05, 4.69) is 10.6 Å². The number of benzene rings is 1. The summed E-state index contributed by atoms with van der Waals surface area (Å²) in [5.74, 6) is -0.806. The summed E-state index contributed by atoms with van der Waals surface area (Å²) < 4.78 is 0. The van der Waals surface area contributed by atoms with Gasteiger partial charge in [0.1, 0.15) is 12.1 Å². The lowest BCUT2D eigenvalue weighted by molar-refractivity contribution is -0.148. The molecule has 0 atom stereocenters. The highest BCUT2D eigenvalue weighted by molar-refractivity contribution is 7.99. The van der Waals surface area contributed by atoms with Crippen LogP contribution in [0.4, 0.5) is 11.4 Å². The van der Waals surface area contributed by atoms with Crippen molar-refractivity contribution in [3.63, 3.8) is 0 Å². The van der Waals surface area contributed by atoms with Crippen LogP contribution < -0.4 is 15.5 Å². The zero-order chi connectivity index (χ0) is 19.4. The van der Waals surface area contributed by atoms with Crippen LogP contribution in [-0.2, 0) is 19.2 Å². The van der Waals surface area contributed by atoms with Crippen LogP contribution in [0, 0.1) is 0 Å². The molecule has 3 rings (SSSR count). The maximum absolute atomic E-state index is 12.6. The van der Waals surface area contributed by atoms with Crippen LogP contribution in [-0.4, -0.2) is 52.4 Å². The van der Waals surface area contributed by atoms with Crippen LogP contribution in [0.5, 0.6) is 0 Å². The summed E-state index contributed by atoms with van der Waals surface area (Å²) in [5, 5.41) is 14.8. The first-order chi connectivity index (χ1) is 12.9. The van der Waals surface area contributed by atoms with E-state index in [1.54, 1.807) is 36.0 Å². The molecular formula is C18H21N3O5S. The van der Waals surface area contributed by atoms with Crippen LogP contribution in [0.2, 0.25) is 0 Å². The number of aliphatic carboxylic acids is 1. The summed E-state index contributed by atoms with van der Waals surface area (Å²) in [4.78, 5) is 49.6. The lowest BCUT2D eigenvalue weighted by Crippen LogP contribution is -2.56. The van der Waals surface area contributed by atoms with Crippen molar-refractivity contribution < 1.29 is 24.3 Å². The van der Waals surface area contributed by atoms with E-state index in [9.17, 15) is 24.3 Å². The first kappa shape index (κ1) is 19.2. The van der Waals surface area contributed by atoms with Crippen molar-refractivity contribution in [1.29, 1.82) is 0 Å². The second-order valence-electron chi connectivity index (χ2n) is 6.59. The highest BCUT2D eigenvalue weighted by Crippen LogP contribution is 2.30. The lowest BCUT2D eigenvalue weighted by Gasteiger charge is -2.34. The van der Waals surface area contributed by atoms with Gasteiger partial charge in [-0.05, 0) is 36.5 Å². The number of carboxylic acid groups (broad SMARTS) is 1. The highest BCUT2D eigenvalue weighted by Gasteiger charge is 2.41.